The summed E-state index contributed by atoms with van der Waals surface area (Å²) in [7, 11) is 0. The largest absolute Gasteiger partial charge is 0.377 e. The first-order valence-corrected chi connectivity index (χ1v) is 8.27. The average Bonchev–Trinajstić information content (AvgIpc) is 2.81. The van der Waals surface area contributed by atoms with Crippen molar-refractivity contribution < 1.29 is 4.74 Å². The lowest BCUT2D eigenvalue weighted by atomic mass is 10.1. The normalized spacial score (nSPS) is 30.5. The summed E-state index contributed by atoms with van der Waals surface area (Å²) < 4.78 is 6.14. The van der Waals surface area contributed by atoms with Gasteiger partial charge in [0.2, 0.25) is 0 Å². The smallest absolute Gasteiger partial charge is 0.0726 e. The fourth-order valence-electron chi connectivity index (χ4n) is 2.88. The minimum Gasteiger partial charge on any atom is -0.377 e. The standard InChI is InChI=1S/C14H28N2OS/c1-12(13-5-4-9-17-13)15-6-7-16-8-10-18-14(2,3)11-16/h12-13,15H,4-11H2,1-3H3. The van der Waals surface area contributed by atoms with E-state index in [0.29, 0.717) is 16.9 Å². The van der Waals surface area contributed by atoms with Crippen LogP contribution in [0.15, 0.2) is 0 Å². The fraction of sp³-hybridized carbons (Fsp3) is 1.00. The zero-order valence-electron chi connectivity index (χ0n) is 12.1. The number of ether oxygens (including phenoxy) is 1. The molecule has 2 fully saturated rings. The van der Waals surface area contributed by atoms with Gasteiger partial charge in [0, 0.05) is 49.3 Å². The minimum absolute atomic E-state index is 0.429. The highest BCUT2D eigenvalue weighted by atomic mass is 32.2. The Bertz CT molecular complexity index is 254. The van der Waals surface area contributed by atoms with E-state index in [-0.39, 0.29) is 0 Å². The Morgan fingerprint density at radius 3 is 3.00 bits per heavy atom. The number of hydrogen-bond donors (Lipinski definition) is 1. The number of nitrogens with zero attached hydrogens (tertiary/aromatic N) is 1. The molecule has 0 aromatic carbocycles. The Morgan fingerprint density at radius 1 is 1.50 bits per heavy atom. The first-order chi connectivity index (χ1) is 8.57. The highest BCUT2D eigenvalue weighted by Crippen LogP contribution is 2.29. The van der Waals surface area contributed by atoms with Gasteiger partial charge in [0.25, 0.3) is 0 Å². The monoisotopic (exact) mass is 272 g/mol. The van der Waals surface area contributed by atoms with Gasteiger partial charge in [-0.3, -0.25) is 4.90 Å². The van der Waals surface area contributed by atoms with E-state index in [1.165, 1.54) is 38.2 Å². The second kappa shape index (κ2) is 6.60. The molecule has 2 atom stereocenters. The molecule has 2 unspecified atom stereocenters. The molecule has 0 bridgehead atoms. The van der Waals surface area contributed by atoms with Gasteiger partial charge in [0.15, 0.2) is 0 Å². The van der Waals surface area contributed by atoms with Gasteiger partial charge in [-0.2, -0.15) is 11.8 Å². The maximum atomic E-state index is 5.71. The molecule has 0 aliphatic carbocycles. The summed E-state index contributed by atoms with van der Waals surface area (Å²) in [5.41, 5.74) is 0. The van der Waals surface area contributed by atoms with Gasteiger partial charge < -0.3 is 10.1 Å². The quantitative estimate of drug-likeness (QED) is 0.827. The third-order valence-electron chi connectivity index (χ3n) is 3.92. The van der Waals surface area contributed by atoms with Crippen LogP contribution in [-0.4, -0.2) is 60.3 Å². The van der Waals surface area contributed by atoms with Crippen LogP contribution in [0.3, 0.4) is 0 Å². The molecule has 2 rings (SSSR count). The van der Waals surface area contributed by atoms with Crippen LogP contribution in [0.5, 0.6) is 0 Å². The van der Waals surface area contributed by atoms with Crippen LogP contribution >= 0.6 is 11.8 Å². The highest BCUT2D eigenvalue weighted by Gasteiger charge is 2.27. The summed E-state index contributed by atoms with van der Waals surface area (Å²) in [5, 5.41) is 3.63. The van der Waals surface area contributed by atoms with Crippen LogP contribution in [0.4, 0.5) is 0 Å². The van der Waals surface area contributed by atoms with Gasteiger partial charge in [0.05, 0.1) is 6.10 Å². The average molecular weight is 272 g/mol. The van der Waals surface area contributed by atoms with Crippen molar-refractivity contribution in [3.63, 3.8) is 0 Å². The molecule has 0 spiro atoms. The lowest BCUT2D eigenvalue weighted by molar-refractivity contribution is 0.0825. The van der Waals surface area contributed by atoms with E-state index in [1.54, 1.807) is 0 Å². The van der Waals surface area contributed by atoms with Gasteiger partial charge in [-0.1, -0.05) is 0 Å². The van der Waals surface area contributed by atoms with E-state index in [9.17, 15) is 0 Å². The number of rotatable bonds is 5. The Morgan fingerprint density at radius 2 is 2.33 bits per heavy atom. The predicted octanol–water partition coefficient (Wildman–Crippen LogP) is 1.97. The van der Waals surface area contributed by atoms with E-state index in [0.717, 1.165) is 13.2 Å². The molecule has 4 heteroatoms. The third-order valence-corrected chi connectivity index (χ3v) is 5.22. The second-order valence-corrected chi connectivity index (χ2v) is 7.98. The highest BCUT2D eigenvalue weighted by molar-refractivity contribution is 8.00. The Labute approximate surface area is 116 Å². The molecule has 106 valence electrons. The molecule has 0 amide bonds. The summed E-state index contributed by atoms with van der Waals surface area (Å²) in [6.45, 7) is 12.6. The molecule has 1 N–H and O–H groups in total. The molecule has 2 aliphatic heterocycles. The summed E-state index contributed by atoms with van der Waals surface area (Å²) >= 11 is 2.10. The number of nitrogens with one attached hydrogen (secondary N) is 1. The van der Waals surface area contributed by atoms with E-state index in [4.69, 9.17) is 4.74 Å². The van der Waals surface area contributed by atoms with E-state index in [2.05, 4.69) is 42.7 Å². The van der Waals surface area contributed by atoms with Crippen molar-refractivity contribution in [1.82, 2.24) is 10.2 Å². The molecular formula is C14H28N2OS. The van der Waals surface area contributed by atoms with Crippen molar-refractivity contribution >= 4 is 11.8 Å². The summed E-state index contributed by atoms with van der Waals surface area (Å²) in [6, 6.07) is 0.500. The maximum absolute atomic E-state index is 5.71. The topological polar surface area (TPSA) is 24.5 Å². The minimum atomic E-state index is 0.429. The van der Waals surface area contributed by atoms with Crippen molar-refractivity contribution in [2.45, 2.75) is 50.5 Å². The summed E-state index contributed by atoms with van der Waals surface area (Å²) in [6.07, 6.45) is 2.90. The zero-order chi connectivity index (χ0) is 13.0. The lowest BCUT2D eigenvalue weighted by Gasteiger charge is -2.37. The Kier molecular flexibility index (Phi) is 5.36. The molecule has 18 heavy (non-hydrogen) atoms. The SMILES string of the molecule is CC(NCCN1CCSC(C)(C)C1)C1CCCO1. The van der Waals surface area contributed by atoms with Crippen molar-refractivity contribution in [2.75, 3.05) is 38.5 Å². The molecule has 0 aromatic heterocycles. The first-order valence-electron chi connectivity index (χ1n) is 7.28. The second-order valence-electron chi connectivity index (χ2n) is 6.18. The fourth-order valence-corrected chi connectivity index (χ4v) is 4.06. The molecule has 0 radical (unpaired) electrons. The molecule has 3 nitrogen and oxygen atoms in total. The van der Waals surface area contributed by atoms with Gasteiger partial charge in [-0.15, -0.1) is 0 Å². The van der Waals surface area contributed by atoms with Crippen molar-refractivity contribution in [3.8, 4) is 0 Å². The predicted molar refractivity (Wildman–Crippen MR) is 79.4 cm³/mol. The summed E-state index contributed by atoms with van der Waals surface area (Å²) in [5.74, 6) is 1.27. The zero-order valence-corrected chi connectivity index (χ0v) is 12.9. The third kappa shape index (κ3) is 4.41. The van der Waals surface area contributed by atoms with Gasteiger partial charge >= 0.3 is 0 Å². The molecule has 0 aromatic rings. The lowest BCUT2D eigenvalue weighted by Crippen LogP contribution is -2.47. The molecule has 2 aliphatic rings. The van der Waals surface area contributed by atoms with Crippen LogP contribution in [0.25, 0.3) is 0 Å². The van der Waals surface area contributed by atoms with Crippen molar-refractivity contribution in [1.29, 1.82) is 0 Å². The Hall–Kier alpha value is 0.230. The van der Waals surface area contributed by atoms with Crippen molar-refractivity contribution in [3.05, 3.63) is 0 Å². The molecule has 0 saturated carbocycles. The molecular weight excluding hydrogens is 244 g/mol. The van der Waals surface area contributed by atoms with Crippen LogP contribution < -0.4 is 5.32 Å². The number of thioether (sulfide) groups is 1. The number of hydrogen-bond acceptors (Lipinski definition) is 4. The van der Waals surface area contributed by atoms with Crippen LogP contribution in [0.1, 0.15) is 33.6 Å². The van der Waals surface area contributed by atoms with Gasteiger partial charge in [0.1, 0.15) is 0 Å². The Balaban J connectivity index is 1.62. The maximum Gasteiger partial charge on any atom is 0.0726 e. The van der Waals surface area contributed by atoms with E-state index >= 15 is 0 Å². The van der Waals surface area contributed by atoms with E-state index in [1.807, 2.05) is 0 Å². The summed E-state index contributed by atoms with van der Waals surface area (Å²) in [4.78, 5) is 2.59. The van der Waals surface area contributed by atoms with Crippen molar-refractivity contribution in [2.24, 2.45) is 0 Å². The van der Waals surface area contributed by atoms with Crippen LogP contribution in [-0.2, 0) is 4.74 Å². The molecule has 2 heterocycles. The van der Waals surface area contributed by atoms with Crippen LogP contribution in [0, 0.1) is 0 Å². The molecule has 2 saturated heterocycles. The van der Waals surface area contributed by atoms with Crippen LogP contribution in [0.2, 0.25) is 0 Å². The first kappa shape index (κ1) is 14.6. The van der Waals surface area contributed by atoms with Gasteiger partial charge in [-0.25, -0.2) is 0 Å². The van der Waals surface area contributed by atoms with E-state index < -0.39 is 0 Å². The van der Waals surface area contributed by atoms with Gasteiger partial charge in [-0.05, 0) is 33.6 Å².